The molecule has 0 unspecified atom stereocenters. The number of hydrazone groups is 1. The Hall–Kier alpha value is -2.59. The number of carbonyl (C=O) groups is 2. The summed E-state index contributed by atoms with van der Waals surface area (Å²) in [5.41, 5.74) is 3.45. The normalized spacial score (nSPS) is 10.4. The van der Waals surface area contributed by atoms with Gasteiger partial charge in [0, 0.05) is 0 Å². The molecule has 0 aliphatic heterocycles. The summed E-state index contributed by atoms with van der Waals surface area (Å²) in [5.74, 6) is 0.0835. The second-order valence-corrected chi connectivity index (χ2v) is 7.20. The van der Waals surface area contributed by atoms with E-state index >= 15 is 0 Å². The largest absolute Gasteiger partial charge is 0.493 e. The average molecular weight is 528 g/mol. The highest BCUT2D eigenvalue weighted by molar-refractivity contribution is 14.1. The molecule has 29 heavy (non-hydrogen) atoms. The third-order valence-electron chi connectivity index (χ3n) is 3.47. The number of hydrogen-bond acceptors (Lipinski definition) is 5. The van der Waals surface area contributed by atoms with Crippen molar-refractivity contribution in [2.75, 3.05) is 19.0 Å². The maximum atomic E-state index is 11.9. The van der Waals surface area contributed by atoms with Gasteiger partial charge in [-0.15, -0.1) is 0 Å². The monoisotopic (exact) mass is 527 g/mol. The third kappa shape index (κ3) is 7.06. The molecule has 2 aromatic rings. The summed E-state index contributed by atoms with van der Waals surface area (Å²) in [5, 5.41) is 6.85. The lowest BCUT2D eigenvalue weighted by Crippen LogP contribution is -2.24. The smallest absolute Gasteiger partial charge is 0.249 e. The maximum Gasteiger partial charge on any atom is 0.249 e. The van der Waals surface area contributed by atoms with Gasteiger partial charge in [-0.1, -0.05) is 36.4 Å². The Labute approximate surface area is 187 Å². The molecule has 0 radical (unpaired) electrons. The van der Waals surface area contributed by atoms with Gasteiger partial charge in [-0.25, -0.2) is 5.43 Å². The van der Waals surface area contributed by atoms with Crippen molar-refractivity contribution < 1.29 is 19.1 Å². The molecule has 0 saturated carbocycles. The number of ether oxygens (including phenoxy) is 2. The van der Waals surface area contributed by atoms with E-state index in [4.69, 9.17) is 21.1 Å². The second kappa shape index (κ2) is 11.4. The number of rotatable bonds is 9. The van der Waals surface area contributed by atoms with Crippen LogP contribution in [0.5, 0.6) is 11.5 Å². The van der Waals surface area contributed by atoms with Gasteiger partial charge < -0.3 is 14.8 Å². The standard InChI is InChI=1S/C20H19ClIN3O4/c1-3-8-29-20-15(22)9-13(10-17(20)28-2)12-23-25-19(27)11-18(26)24-16-7-5-4-6-14(16)21/h3-7,9-10,12H,1,8,11H2,2H3,(H,24,26)(H,25,27). The molecule has 0 atom stereocenters. The molecule has 9 heteroatoms. The summed E-state index contributed by atoms with van der Waals surface area (Å²) in [7, 11) is 1.53. The Balaban J connectivity index is 1.94. The summed E-state index contributed by atoms with van der Waals surface area (Å²) in [6.07, 6.45) is 2.70. The minimum atomic E-state index is -0.557. The lowest BCUT2D eigenvalue weighted by molar-refractivity contribution is -0.126. The number of amides is 2. The zero-order valence-electron chi connectivity index (χ0n) is 15.6. The van der Waals surface area contributed by atoms with Crippen molar-refractivity contribution in [2.45, 2.75) is 6.42 Å². The van der Waals surface area contributed by atoms with E-state index in [9.17, 15) is 9.59 Å². The maximum absolute atomic E-state index is 11.9. The SMILES string of the molecule is C=CCOc1c(I)cc(C=NNC(=O)CC(=O)Nc2ccccc2Cl)cc1OC. The highest BCUT2D eigenvalue weighted by Crippen LogP contribution is 2.33. The molecule has 0 spiro atoms. The summed E-state index contributed by atoms with van der Waals surface area (Å²) in [6, 6.07) is 10.3. The molecule has 2 aromatic carbocycles. The molecule has 2 amide bonds. The van der Waals surface area contributed by atoms with Gasteiger partial charge in [-0.3, -0.25) is 9.59 Å². The molecule has 0 aliphatic carbocycles. The first-order chi connectivity index (χ1) is 13.9. The third-order valence-corrected chi connectivity index (χ3v) is 4.60. The van der Waals surface area contributed by atoms with E-state index in [1.807, 2.05) is 6.07 Å². The molecule has 0 bridgehead atoms. The Kier molecular flexibility index (Phi) is 8.94. The average Bonchev–Trinajstić information content (AvgIpc) is 2.68. The number of nitrogens with zero attached hydrogens (tertiary/aromatic N) is 1. The highest BCUT2D eigenvalue weighted by atomic mass is 127. The first kappa shape index (κ1) is 22.7. The van der Waals surface area contributed by atoms with Crippen LogP contribution in [0.25, 0.3) is 0 Å². The quantitative estimate of drug-likeness (QED) is 0.170. The predicted octanol–water partition coefficient (Wildman–Crippen LogP) is 4.00. The van der Waals surface area contributed by atoms with Crippen LogP contribution < -0.4 is 20.2 Å². The van der Waals surface area contributed by atoms with E-state index in [0.717, 1.165) is 3.57 Å². The molecular weight excluding hydrogens is 509 g/mol. The fourth-order valence-electron chi connectivity index (χ4n) is 2.22. The zero-order valence-corrected chi connectivity index (χ0v) is 18.5. The van der Waals surface area contributed by atoms with Crippen LogP contribution in [0, 0.1) is 3.57 Å². The predicted molar refractivity (Wildman–Crippen MR) is 122 cm³/mol. The van der Waals surface area contributed by atoms with E-state index in [1.54, 1.807) is 36.4 Å². The summed E-state index contributed by atoms with van der Waals surface area (Å²) in [4.78, 5) is 23.8. The van der Waals surface area contributed by atoms with Crippen LogP contribution in [0.4, 0.5) is 5.69 Å². The van der Waals surface area contributed by atoms with Crippen LogP contribution in [0.15, 0.2) is 54.2 Å². The van der Waals surface area contributed by atoms with E-state index in [2.05, 4.69) is 45.0 Å². The highest BCUT2D eigenvalue weighted by Gasteiger charge is 2.12. The van der Waals surface area contributed by atoms with Crippen molar-refractivity contribution in [1.29, 1.82) is 0 Å². The number of para-hydroxylation sites is 1. The number of anilines is 1. The molecule has 0 fully saturated rings. The van der Waals surface area contributed by atoms with Gasteiger partial charge in [0.05, 0.1) is 27.6 Å². The molecule has 0 aromatic heterocycles. The van der Waals surface area contributed by atoms with Crippen molar-refractivity contribution in [1.82, 2.24) is 5.43 Å². The van der Waals surface area contributed by atoms with Crippen LogP contribution in [-0.4, -0.2) is 31.7 Å². The summed E-state index contributed by atoms with van der Waals surface area (Å²) >= 11 is 8.09. The van der Waals surface area contributed by atoms with E-state index < -0.39 is 18.2 Å². The minimum Gasteiger partial charge on any atom is -0.493 e. The Morgan fingerprint density at radius 2 is 2.03 bits per heavy atom. The molecule has 2 N–H and O–H groups in total. The van der Waals surface area contributed by atoms with Gasteiger partial charge >= 0.3 is 0 Å². The first-order valence-electron chi connectivity index (χ1n) is 8.42. The van der Waals surface area contributed by atoms with Crippen LogP contribution >= 0.6 is 34.2 Å². The van der Waals surface area contributed by atoms with Gasteiger partial charge in [0.2, 0.25) is 11.8 Å². The van der Waals surface area contributed by atoms with Gasteiger partial charge in [0.1, 0.15) is 13.0 Å². The van der Waals surface area contributed by atoms with Crippen LogP contribution in [-0.2, 0) is 9.59 Å². The molecule has 2 rings (SSSR count). The lowest BCUT2D eigenvalue weighted by Gasteiger charge is -2.12. The van der Waals surface area contributed by atoms with Crippen molar-refractivity contribution in [3.63, 3.8) is 0 Å². The zero-order chi connectivity index (χ0) is 21.2. The van der Waals surface area contributed by atoms with Crippen LogP contribution in [0.1, 0.15) is 12.0 Å². The number of benzene rings is 2. The van der Waals surface area contributed by atoms with Crippen LogP contribution in [0.3, 0.4) is 0 Å². The molecular formula is C20H19ClIN3O4. The number of nitrogens with one attached hydrogen (secondary N) is 2. The fraction of sp³-hybridized carbons (Fsp3) is 0.150. The molecule has 0 aliphatic rings. The second-order valence-electron chi connectivity index (χ2n) is 5.63. The Morgan fingerprint density at radius 1 is 1.28 bits per heavy atom. The first-order valence-corrected chi connectivity index (χ1v) is 9.87. The number of hydrogen-bond donors (Lipinski definition) is 2. The van der Waals surface area contributed by atoms with Gasteiger partial charge in [-0.05, 0) is 52.4 Å². The number of halogens is 2. The van der Waals surface area contributed by atoms with Crippen molar-refractivity contribution in [3.8, 4) is 11.5 Å². The molecule has 152 valence electrons. The van der Waals surface area contributed by atoms with Gasteiger partial charge in [0.25, 0.3) is 0 Å². The van der Waals surface area contributed by atoms with Crippen LogP contribution in [0.2, 0.25) is 5.02 Å². The number of carbonyl (C=O) groups excluding carboxylic acids is 2. The minimum absolute atomic E-state index is 0.353. The molecule has 0 saturated heterocycles. The topological polar surface area (TPSA) is 89.0 Å². The molecule has 7 nitrogen and oxygen atoms in total. The fourth-order valence-corrected chi connectivity index (χ4v) is 3.18. The van der Waals surface area contributed by atoms with Gasteiger partial charge in [-0.2, -0.15) is 5.10 Å². The number of methoxy groups -OCH3 is 1. The van der Waals surface area contributed by atoms with E-state index in [1.165, 1.54) is 13.3 Å². The van der Waals surface area contributed by atoms with E-state index in [0.29, 0.717) is 34.4 Å². The molecule has 0 heterocycles. The van der Waals surface area contributed by atoms with Crippen molar-refractivity contribution in [2.24, 2.45) is 5.10 Å². The van der Waals surface area contributed by atoms with Crippen molar-refractivity contribution in [3.05, 3.63) is 63.2 Å². The Bertz CT molecular complexity index is 934. The van der Waals surface area contributed by atoms with Crippen molar-refractivity contribution >= 4 is 57.9 Å². The summed E-state index contributed by atoms with van der Waals surface area (Å²) < 4.78 is 11.7. The lowest BCUT2D eigenvalue weighted by atomic mass is 10.2. The van der Waals surface area contributed by atoms with E-state index in [-0.39, 0.29) is 0 Å². The Morgan fingerprint density at radius 3 is 2.72 bits per heavy atom. The summed E-state index contributed by atoms with van der Waals surface area (Å²) in [6.45, 7) is 3.97. The van der Waals surface area contributed by atoms with Gasteiger partial charge in [0.15, 0.2) is 11.5 Å².